The van der Waals surface area contributed by atoms with Crippen LogP contribution in [0, 0.1) is 29.1 Å². The molecule has 1 aliphatic heterocycles. The third-order valence-electron chi connectivity index (χ3n) is 7.95. The van der Waals surface area contributed by atoms with Gasteiger partial charge in [0.05, 0.1) is 0 Å². The Kier molecular flexibility index (Phi) is 5.85. The van der Waals surface area contributed by atoms with Crippen LogP contribution in [0.1, 0.15) is 86.5 Å². The Labute approximate surface area is 144 Å². The molecular weight excluding hydrogens is 282 g/mol. The van der Waals surface area contributed by atoms with Crippen LogP contribution in [0.2, 0.25) is 0 Å². The first-order valence-electron chi connectivity index (χ1n) is 10.2. The van der Waals surface area contributed by atoms with Gasteiger partial charge < -0.3 is 4.90 Å². The first-order chi connectivity index (χ1) is 11.0. The van der Waals surface area contributed by atoms with Gasteiger partial charge in [0.1, 0.15) is 0 Å². The van der Waals surface area contributed by atoms with Crippen LogP contribution in [0.15, 0.2) is 0 Å². The van der Waals surface area contributed by atoms with E-state index in [1.54, 1.807) is 0 Å². The van der Waals surface area contributed by atoms with E-state index in [1.165, 1.54) is 44.9 Å². The van der Waals surface area contributed by atoms with E-state index in [9.17, 15) is 4.79 Å². The quantitative estimate of drug-likeness (QED) is 0.627. The van der Waals surface area contributed by atoms with Gasteiger partial charge in [0, 0.05) is 12.1 Å². The molecule has 1 heterocycles. The summed E-state index contributed by atoms with van der Waals surface area (Å²) in [5.74, 6) is 3.41. The number of piperidine rings is 1. The Bertz CT molecular complexity index is 409. The molecule has 2 nitrogen and oxygen atoms in total. The molecule has 3 rings (SSSR count). The van der Waals surface area contributed by atoms with Gasteiger partial charge >= 0.3 is 0 Å². The highest BCUT2D eigenvalue weighted by atomic mass is 16.1. The molecule has 2 heteroatoms. The third kappa shape index (κ3) is 2.85. The summed E-state index contributed by atoms with van der Waals surface area (Å²) < 4.78 is 0. The second-order valence-electron chi connectivity index (χ2n) is 8.59. The number of carbonyl (C=O) groups is 1. The van der Waals surface area contributed by atoms with E-state index < -0.39 is 0 Å². The molecule has 6 unspecified atom stereocenters. The van der Waals surface area contributed by atoms with Gasteiger partial charge in [-0.2, -0.15) is 0 Å². The molecule has 0 aromatic heterocycles. The van der Waals surface area contributed by atoms with Crippen molar-refractivity contribution in [2.45, 2.75) is 92.0 Å². The van der Waals surface area contributed by atoms with Crippen LogP contribution in [-0.2, 0) is 4.79 Å². The van der Waals surface area contributed by atoms with Gasteiger partial charge in [-0.15, -0.1) is 0 Å². The first-order valence-corrected chi connectivity index (χ1v) is 10.2. The zero-order chi connectivity index (χ0) is 17.3. The van der Waals surface area contributed by atoms with Crippen molar-refractivity contribution in [2.24, 2.45) is 29.1 Å². The van der Waals surface area contributed by atoms with Gasteiger partial charge in [0.15, 0.2) is 0 Å². The molecule has 0 aromatic carbocycles. The van der Waals surface area contributed by atoms with Gasteiger partial charge in [0.25, 0.3) is 0 Å². The van der Waals surface area contributed by atoms with Crippen LogP contribution in [0.25, 0.3) is 0 Å². The molecule has 1 amide bonds. The molecule has 2 aliphatic carbocycles. The van der Waals surface area contributed by atoms with Crippen molar-refractivity contribution in [2.75, 3.05) is 6.54 Å². The fourth-order valence-corrected chi connectivity index (χ4v) is 6.49. The van der Waals surface area contributed by atoms with Crippen molar-refractivity contribution in [1.82, 2.24) is 4.90 Å². The fraction of sp³-hybridized carbons (Fsp3) is 0.952. The third-order valence-corrected chi connectivity index (χ3v) is 7.95. The lowest BCUT2D eigenvalue weighted by Crippen LogP contribution is -2.61. The van der Waals surface area contributed by atoms with Gasteiger partial charge in [0.2, 0.25) is 6.41 Å². The lowest BCUT2D eigenvalue weighted by molar-refractivity contribution is -0.141. The van der Waals surface area contributed by atoms with E-state index in [-0.39, 0.29) is 5.54 Å². The number of nitrogens with zero attached hydrogens (tertiary/aromatic N) is 1. The Morgan fingerprint density at radius 2 is 1.78 bits per heavy atom. The Morgan fingerprint density at radius 3 is 2.39 bits per heavy atom. The van der Waals surface area contributed by atoms with E-state index >= 15 is 0 Å². The number of hydrogen-bond donors (Lipinski definition) is 0. The minimum Gasteiger partial charge on any atom is -0.340 e. The maximum atomic E-state index is 11.6. The molecule has 3 fully saturated rings. The summed E-state index contributed by atoms with van der Waals surface area (Å²) in [5.41, 5.74) is 0.699. The summed E-state index contributed by atoms with van der Waals surface area (Å²) >= 11 is 0. The van der Waals surface area contributed by atoms with Crippen LogP contribution >= 0.6 is 0 Å². The van der Waals surface area contributed by atoms with E-state index in [0.717, 1.165) is 36.6 Å². The molecule has 1 saturated heterocycles. The van der Waals surface area contributed by atoms with Crippen molar-refractivity contribution in [3.8, 4) is 0 Å². The van der Waals surface area contributed by atoms with Gasteiger partial charge in [-0.25, -0.2) is 0 Å². The summed E-state index contributed by atoms with van der Waals surface area (Å²) in [6.45, 7) is 14.7. The number of likely N-dealkylation sites (tertiary alicyclic amines) is 1. The summed E-state index contributed by atoms with van der Waals surface area (Å²) in [4.78, 5) is 13.7. The second kappa shape index (κ2) is 7.15. The Morgan fingerprint density at radius 1 is 1.09 bits per heavy atom. The zero-order valence-corrected chi connectivity index (χ0v) is 16.4. The van der Waals surface area contributed by atoms with Crippen LogP contribution in [0.4, 0.5) is 0 Å². The molecule has 0 aromatic rings. The lowest BCUT2D eigenvalue weighted by atomic mass is 9.52. The van der Waals surface area contributed by atoms with Crippen molar-refractivity contribution < 1.29 is 4.79 Å². The smallest absolute Gasteiger partial charge is 0.210 e. The summed E-state index contributed by atoms with van der Waals surface area (Å²) in [5, 5.41) is 0. The zero-order valence-electron chi connectivity index (χ0n) is 16.4. The summed E-state index contributed by atoms with van der Waals surface area (Å²) in [7, 11) is 0. The average Bonchev–Trinajstić information content (AvgIpc) is 2.85. The number of hydrogen-bond acceptors (Lipinski definition) is 1. The number of carbonyl (C=O) groups excluding carboxylic acids is 1. The van der Waals surface area contributed by atoms with Gasteiger partial charge in [-0.3, -0.25) is 4.79 Å². The van der Waals surface area contributed by atoms with Crippen molar-refractivity contribution in [1.29, 1.82) is 0 Å². The summed E-state index contributed by atoms with van der Waals surface area (Å²) in [6, 6.07) is 0. The minimum atomic E-state index is 0.118. The maximum absolute atomic E-state index is 11.6. The predicted octanol–water partition coefficient (Wildman–Crippen LogP) is 5.51. The maximum Gasteiger partial charge on any atom is 0.210 e. The fourth-order valence-electron chi connectivity index (χ4n) is 6.49. The molecule has 23 heavy (non-hydrogen) atoms. The molecule has 0 bridgehead atoms. The highest BCUT2D eigenvalue weighted by molar-refractivity contribution is 5.49. The molecule has 134 valence electrons. The minimum absolute atomic E-state index is 0.118. The van der Waals surface area contributed by atoms with Crippen molar-refractivity contribution in [3.05, 3.63) is 0 Å². The topological polar surface area (TPSA) is 20.3 Å². The number of fused-ring (bicyclic) bond motifs is 3. The molecule has 0 radical (unpaired) electrons. The Hall–Kier alpha value is -0.530. The first kappa shape index (κ1) is 18.8. The summed E-state index contributed by atoms with van der Waals surface area (Å²) in [6.07, 6.45) is 10.3. The molecule has 2 saturated carbocycles. The molecule has 0 N–H and O–H groups in total. The molecule has 0 spiro atoms. The number of rotatable bonds is 3. The van der Waals surface area contributed by atoms with Crippen molar-refractivity contribution in [3.63, 3.8) is 0 Å². The molecule has 6 atom stereocenters. The Balaban J connectivity index is 0.000000924. The van der Waals surface area contributed by atoms with Gasteiger partial charge in [-0.05, 0) is 74.5 Å². The molecular formula is C21H39NO. The average molecular weight is 322 g/mol. The van der Waals surface area contributed by atoms with Crippen LogP contribution in [0.5, 0.6) is 0 Å². The van der Waals surface area contributed by atoms with Crippen molar-refractivity contribution >= 4 is 6.41 Å². The standard InChI is InChI=1S/C19H33NO.C2H6/c1-5-10-19(4)17-8-11-18(3)14(2)6-7-16(18)15(17)9-12-20(19)13-21;1-2/h13-17H,5-12H2,1-4H3;1-2H3. The van der Waals surface area contributed by atoms with E-state index in [4.69, 9.17) is 0 Å². The second-order valence-corrected chi connectivity index (χ2v) is 8.59. The predicted molar refractivity (Wildman–Crippen MR) is 98.3 cm³/mol. The highest BCUT2D eigenvalue weighted by Crippen LogP contribution is 2.62. The van der Waals surface area contributed by atoms with E-state index in [1.807, 2.05) is 13.8 Å². The highest BCUT2D eigenvalue weighted by Gasteiger charge is 2.57. The normalized spacial score (nSPS) is 45.6. The van der Waals surface area contributed by atoms with Crippen LogP contribution < -0.4 is 0 Å². The number of amides is 1. The largest absolute Gasteiger partial charge is 0.340 e. The monoisotopic (exact) mass is 321 g/mol. The van der Waals surface area contributed by atoms with E-state index in [2.05, 4.69) is 32.6 Å². The van der Waals surface area contributed by atoms with Crippen LogP contribution in [0.3, 0.4) is 0 Å². The lowest BCUT2D eigenvalue weighted by Gasteiger charge is -2.59. The molecule has 3 aliphatic rings. The van der Waals surface area contributed by atoms with E-state index in [0.29, 0.717) is 5.41 Å². The SMILES string of the molecule is CC.CCCC1(C)C2CCC3(C)C(C)CCC3C2CCN1C=O. The van der Waals surface area contributed by atoms with Crippen LogP contribution in [-0.4, -0.2) is 23.4 Å². The van der Waals surface area contributed by atoms with Gasteiger partial charge in [-0.1, -0.05) is 41.0 Å².